The summed E-state index contributed by atoms with van der Waals surface area (Å²) < 4.78 is 6.19. The Morgan fingerprint density at radius 2 is 1.88 bits per heavy atom. The van der Waals surface area contributed by atoms with Crippen molar-refractivity contribution in [2.75, 3.05) is 0 Å². The summed E-state index contributed by atoms with van der Waals surface area (Å²) in [6, 6.07) is 7.52. The first-order valence-electron chi connectivity index (χ1n) is 5.43. The minimum absolute atomic E-state index is 0.216. The Kier molecular flexibility index (Phi) is 3.59. The van der Waals surface area contributed by atoms with E-state index in [0.29, 0.717) is 11.7 Å². The van der Waals surface area contributed by atoms with Crippen LogP contribution in [-0.2, 0) is 0 Å². The molecule has 1 heterocycles. The quantitative estimate of drug-likeness (QED) is 0.945. The molecule has 0 aliphatic rings. The van der Waals surface area contributed by atoms with Crippen LogP contribution in [-0.4, -0.2) is 10.1 Å². The van der Waals surface area contributed by atoms with E-state index < -0.39 is 0 Å². The zero-order chi connectivity index (χ0) is 12.4. The van der Waals surface area contributed by atoms with E-state index >= 15 is 0 Å². The van der Waals surface area contributed by atoms with E-state index in [1.165, 1.54) is 0 Å². The number of rotatable bonds is 3. The van der Waals surface area contributed by atoms with Gasteiger partial charge in [0.05, 0.1) is 6.04 Å². The minimum Gasteiger partial charge on any atom is -0.337 e. The second kappa shape index (κ2) is 4.98. The van der Waals surface area contributed by atoms with Gasteiger partial charge in [0.15, 0.2) is 0 Å². The molecule has 1 unspecified atom stereocenters. The number of halogens is 1. The molecule has 2 rings (SSSR count). The monoisotopic (exact) mass is 295 g/mol. The van der Waals surface area contributed by atoms with Crippen molar-refractivity contribution in [3.8, 4) is 11.4 Å². The maximum absolute atomic E-state index is 5.95. The Balaban J connectivity index is 2.26. The number of benzene rings is 1. The summed E-state index contributed by atoms with van der Waals surface area (Å²) in [4.78, 5) is 4.31. The predicted molar refractivity (Wildman–Crippen MR) is 69.2 cm³/mol. The van der Waals surface area contributed by atoms with Crippen molar-refractivity contribution in [1.29, 1.82) is 0 Å². The molecule has 4 nitrogen and oxygen atoms in total. The van der Waals surface area contributed by atoms with Crippen molar-refractivity contribution in [2.45, 2.75) is 19.9 Å². The van der Waals surface area contributed by atoms with Gasteiger partial charge >= 0.3 is 0 Å². The molecular formula is C12H14BrN3O. The molecule has 0 saturated carbocycles. The van der Waals surface area contributed by atoms with Crippen LogP contribution in [0.5, 0.6) is 0 Å². The fourth-order valence-electron chi connectivity index (χ4n) is 1.37. The highest BCUT2D eigenvalue weighted by molar-refractivity contribution is 9.10. The predicted octanol–water partition coefficient (Wildman–Crippen LogP) is 3.15. The molecule has 1 aromatic carbocycles. The van der Waals surface area contributed by atoms with Crippen LogP contribution in [0.4, 0.5) is 0 Å². The summed E-state index contributed by atoms with van der Waals surface area (Å²) in [6.45, 7) is 4.04. The minimum atomic E-state index is -0.216. The lowest BCUT2D eigenvalue weighted by Gasteiger charge is -2.09. The van der Waals surface area contributed by atoms with Gasteiger partial charge in [-0.2, -0.15) is 4.98 Å². The van der Waals surface area contributed by atoms with Crippen molar-refractivity contribution < 1.29 is 4.52 Å². The molecule has 0 fully saturated rings. The molecular weight excluding hydrogens is 282 g/mol. The van der Waals surface area contributed by atoms with Crippen molar-refractivity contribution in [2.24, 2.45) is 11.7 Å². The molecule has 17 heavy (non-hydrogen) atoms. The van der Waals surface area contributed by atoms with Crippen LogP contribution < -0.4 is 5.73 Å². The Morgan fingerprint density at radius 3 is 2.47 bits per heavy atom. The van der Waals surface area contributed by atoms with Crippen molar-refractivity contribution in [1.82, 2.24) is 10.1 Å². The van der Waals surface area contributed by atoms with E-state index in [0.717, 1.165) is 10.0 Å². The molecule has 0 aliphatic carbocycles. The number of hydrogen-bond acceptors (Lipinski definition) is 4. The molecule has 0 amide bonds. The van der Waals surface area contributed by atoms with Crippen molar-refractivity contribution in [3.05, 3.63) is 34.6 Å². The SMILES string of the molecule is CC(C)C(N)c1nc(-c2ccc(Br)cc2)no1. The van der Waals surface area contributed by atoms with E-state index in [1.54, 1.807) is 0 Å². The van der Waals surface area contributed by atoms with Gasteiger partial charge in [-0.1, -0.05) is 34.9 Å². The largest absolute Gasteiger partial charge is 0.337 e. The zero-order valence-corrected chi connectivity index (χ0v) is 11.3. The Bertz CT molecular complexity index is 493. The molecule has 90 valence electrons. The van der Waals surface area contributed by atoms with E-state index in [2.05, 4.69) is 26.1 Å². The van der Waals surface area contributed by atoms with Crippen LogP contribution in [0.25, 0.3) is 11.4 Å². The van der Waals surface area contributed by atoms with E-state index in [4.69, 9.17) is 10.3 Å². The van der Waals surface area contributed by atoms with Crippen molar-refractivity contribution in [3.63, 3.8) is 0 Å². The molecule has 1 aromatic heterocycles. The highest BCUT2D eigenvalue weighted by Gasteiger charge is 2.18. The fourth-order valence-corrected chi connectivity index (χ4v) is 1.64. The van der Waals surface area contributed by atoms with E-state index in [-0.39, 0.29) is 12.0 Å². The van der Waals surface area contributed by atoms with Crippen LogP contribution in [0.3, 0.4) is 0 Å². The molecule has 0 bridgehead atoms. The second-order valence-electron chi connectivity index (χ2n) is 4.23. The van der Waals surface area contributed by atoms with Crippen LogP contribution >= 0.6 is 15.9 Å². The van der Waals surface area contributed by atoms with Gasteiger partial charge in [-0.3, -0.25) is 0 Å². The summed E-state index contributed by atoms with van der Waals surface area (Å²) in [6.07, 6.45) is 0. The van der Waals surface area contributed by atoms with Gasteiger partial charge in [0, 0.05) is 10.0 Å². The van der Waals surface area contributed by atoms with E-state index in [9.17, 15) is 0 Å². The molecule has 5 heteroatoms. The third-order valence-electron chi connectivity index (χ3n) is 2.55. The molecule has 0 radical (unpaired) electrons. The van der Waals surface area contributed by atoms with Gasteiger partial charge in [-0.25, -0.2) is 0 Å². The number of nitrogens with two attached hydrogens (primary N) is 1. The standard InChI is InChI=1S/C12H14BrN3O/c1-7(2)10(14)12-15-11(16-17-12)8-3-5-9(13)6-4-8/h3-7,10H,14H2,1-2H3. The maximum Gasteiger partial charge on any atom is 0.244 e. The lowest BCUT2D eigenvalue weighted by molar-refractivity contribution is 0.325. The maximum atomic E-state index is 5.95. The summed E-state index contributed by atoms with van der Waals surface area (Å²) in [7, 11) is 0. The van der Waals surface area contributed by atoms with Gasteiger partial charge in [0.1, 0.15) is 0 Å². The summed E-state index contributed by atoms with van der Waals surface area (Å²) in [5, 5.41) is 3.94. The summed E-state index contributed by atoms with van der Waals surface area (Å²) in [5.74, 6) is 1.33. The average Bonchev–Trinajstić information content (AvgIpc) is 2.78. The first-order chi connectivity index (χ1) is 8.08. The summed E-state index contributed by atoms with van der Waals surface area (Å²) in [5.41, 5.74) is 6.87. The lowest BCUT2D eigenvalue weighted by atomic mass is 10.1. The highest BCUT2D eigenvalue weighted by atomic mass is 79.9. The van der Waals surface area contributed by atoms with Gasteiger partial charge in [0.25, 0.3) is 0 Å². The molecule has 2 aromatic rings. The third kappa shape index (κ3) is 2.73. The molecule has 0 spiro atoms. The molecule has 0 saturated heterocycles. The number of hydrogen-bond donors (Lipinski definition) is 1. The van der Waals surface area contributed by atoms with Crippen LogP contribution in [0.2, 0.25) is 0 Å². The van der Waals surface area contributed by atoms with Crippen molar-refractivity contribution >= 4 is 15.9 Å². The average molecular weight is 296 g/mol. The Labute approximate surface area is 108 Å². The zero-order valence-electron chi connectivity index (χ0n) is 9.72. The molecule has 1 atom stereocenters. The first-order valence-corrected chi connectivity index (χ1v) is 6.22. The van der Waals surface area contributed by atoms with Gasteiger partial charge in [-0.15, -0.1) is 0 Å². The lowest BCUT2D eigenvalue weighted by Crippen LogP contribution is -2.16. The van der Waals surface area contributed by atoms with Gasteiger partial charge in [0.2, 0.25) is 11.7 Å². The summed E-state index contributed by atoms with van der Waals surface area (Å²) >= 11 is 3.38. The van der Waals surface area contributed by atoms with Crippen LogP contribution in [0, 0.1) is 5.92 Å². The third-order valence-corrected chi connectivity index (χ3v) is 3.08. The Morgan fingerprint density at radius 1 is 1.24 bits per heavy atom. The molecule has 0 aliphatic heterocycles. The topological polar surface area (TPSA) is 64.9 Å². The van der Waals surface area contributed by atoms with E-state index in [1.807, 2.05) is 38.1 Å². The van der Waals surface area contributed by atoms with Crippen LogP contribution in [0.1, 0.15) is 25.8 Å². The highest BCUT2D eigenvalue weighted by Crippen LogP contribution is 2.22. The van der Waals surface area contributed by atoms with Gasteiger partial charge < -0.3 is 10.3 Å². The fraction of sp³-hybridized carbons (Fsp3) is 0.333. The Hall–Kier alpha value is -1.20. The molecule has 2 N–H and O–H groups in total. The number of nitrogens with zero attached hydrogens (tertiary/aromatic N) is 2. The van der Waals surface area contributed by atoms with Crippen LogP contribution in [0.15, 0.2) is 33.3 Å². The number of aromatic nitrogens is 2. The normalized spacial score (nSPS) is 13.0. The van der Waals surface area contributed by atoms with Gasteiger partial charge in [-0.05, 0) is 30.2 Å². The first kappa shape index (κ1) is 12.3. The second-order valence-corrected chi connectivity index (χ2v) is 5.15. The smallest absolute Gasteiger partial charge is 0.244 e.